The Morgan fingerprint density at radius 1 is 1.12 bits per heavy atom. The molecule has 3 aromatic rings. The fourth-order valence-electron chi connectivity index (χ4n) is 2.32. The summed E-state index contributed by atoms with van der Waals surface area (Å²) in [5, 5.41) is 6.56. The number of hydrogen-bond acceptors (Lipinski definition) is 3. The van der Waals surface area contributed by atoms with E-state index in [0.29, 0.717) is 0 Å². The Hall–Kier alpha value is -2.86. The number of pyridine rings is 1. The molecule has 1 heterocycles. The first-order valence-electron chi connectivity index (χ1n) is 7.27. The summed E-state index contributed by atoms with van der Waals surface area (Å²) in [6.45, 7) is 1.92. The molecule has 4 nitrogen and oxygen atoms in total. The van der Waals surface area contributed by atoms with Crippen LogP contribution in [0.3, 0.4) is 0 Å². The maximum absolute atomic E-state index is 13.2. The molecule has 6 heteroatoms. The normalized spacial score (nSPS) is 10.4. The Kier molecular flexibility index (Phi) is 4.48. The summed E-state index contributed by atoms with van der Waals surface area (Å²) in [7, 11) is 0. The molecule has 0 aliphatic carbocycles. The monoisotopic (exact) mass is 339 g/mol. The number of anilines is 1. The molecule has 2 aromatic carbocycles. The van der Waals surface area contributed by atoms with Crippen molar-refractivity contribution in [1.29, 1.82) is 0 Å². The number of fused-ring (bicyclic) bond motifs is 1. The van der Waals surface area contributed by atoms with Crippen LogP contribution in [0, 0.1) is 12.7 Å². The van der Waals surface area contributed by atoms with Gasteiger partial charge in [-0.25, -0.2) is 4.39 Å². The van der Waals surface area contributed by atoms with Crippen LogP contribution in [0.4, 0.5) is 10.1 Å². The van der Waals surface area contributed by atoms with Crippen LogP contribution in [-0.2, 0) is 0 Å². The van der Waals surface area contributed by atoms with Crippen LogP contribution in [-0.4, -0.2) is 16.0 Å². The summed E-state index contributed by atoms with van der Waals surface area (Å²) < 4.78 is 13.2. The number of nitrogens with zero attached hydrogens (tertiary/aromatic N) is 1. The fourth-order valence-corrected chi connectivity index (χ4v) is 2.53. The van der Waals surface area contributed by atoms with Crippen LogP contribution in [0.2, 0.25) is 0 Å². The molecule has 0 unspecified atom stereocenters. The lowest BCUT2D eigenvalue weighted by Crippen LogP contribution is -2.34. The smallest absolute Gasteiger partial charge is 0.257 e. The van der Waals surface area contributed by atoms with Gasteiger partial charge in [0.15, 0.2) is 5.11 Å². The highest BCUT2D eigenvalue weighted by Gasteiger charge is 2.10. The highest BCUT2D eigenvalue weighted by atomic mass is 32.1. The Balaban J connectivity index is 1.77. The molecule has 0 aliphatic heterocycles. The second-order valence-electron chi connectivity index (χ2n) is 5.24. The third-order valence-electron chi connectivity index (χ3n) is 3.43. The molecule has 0 saturated carbocycles. The van der Waals surface area contributed by atoms with Gasteiger partial charge in [-0.3, -0.25) is 15.1 Å². The van der Waals surface area contributed by atoms with Crippen molar-refractivity contribution in [2.45, 2.75) is 6.92 Å². The van der Waals surface area contributed by atoms with E-state index in [0.717, 1.165) is 28.4 Å². The minimum atomic E-state index is -0.475. The van der Waals surface area contributed by atoms with Crippen LogP contribution < -0.4 is 10.6 Å². The van der Waals surface area contributed by atoms with Crippen LogP contribution >= 0.6 is 12.2 Å². The van der Waals surface area contributed by atoms with Crippen LogP contribution in [0.1, 0.15) is 16.1 Å². The molecule has 0 fully saturated rings. The summed E-state index contributed by atoms with van der Waals surface area (Å²) in [5.41, 5.74) is 2.69. The Morgan fingerprint density at radius 2 is 1.92 bits per heavy atom. The standard InChI is InChI=1S/C18H14FN3OS/c1-11-8-9-14-15(20-11)6-3-7-16(14)21-18(24)22-17(23)12-4-2-5-13(19)10-12/h2-10H,1H3,(H2,21,22,23,24). The van der Waals surface area contributed by atoms with Gasteiger partial charge >= 0.3 is 0 Å². The first-order valence-corrected chi connectivity index (χ1v) is 7.68. The third kappa shape index (κ3) is 3.55. The van der Waals surface area contributed by atoms with Gasteiger partial charge in [0.05, 0.1) is 5.52 Å². The van der Waals surface area contributed by atoms with Crippen LogP contribution in [0.15, 0.2) is 54.6 Å². The van der Waals surface area contributed by atoms with Gasteiger partial charge in [0, 0.05) is 22.3 Å². The number of rotatable bonds is 2. The second-order valence-corrected chi connectivity index (χ2v) is 5.65. The molecule has 1 aromatic heterocycles. The number of amides is 1. The van der Waals surface area contributed by atoms with E-state index in [4.69, 9.17) is 12.2 Å². The predicted molar refractivity (Wildman–Crippen MR) is 96.6 cm³/mol. The van der Waals surface area contributed by atoms with E-state index in [-0.39, 0.29) is 10.7 Å². The average molecular weight is 339 g/mol. The molecule has 0 bridgehead atoms. The zero-order valence-corrected chi connectivity index (χ0v) is 13.7. The first kappa shape index (κ1) is 16.0. The highest BCUT2D eigenvalue weighted by Crippen LogP contribution is 2.22. The van der Waals surface area contributed by atoms with Gasteiger partial charge in [0.25, 0.3) is 5.91 Å². The van der Waals surface area contributed by atoms with Crippen molar-refractivity contribution in [3.05, 3.63) is 71.7 Å². The fraction of sp³-hybridized carbons (Fsp3) is 0.0556. The minimum Gasteiger partial charge on any atom is -0.332 e. The molecule has 3 rings (SSSR count). The molecule has 0 atom stereocenters. The quantitative estimate of drug-likeness (QED) is 0.697. The number of carbonyl (C=O) groups is 1. The lowest BCUT2D eigenvalue weighted by molar-refractivity contribution is 0.0977. The van der Waals surface area contributed by atoms with Crippen molar-refractivity contribution in [1.82, 2.24) is 10.3 Å². The van der Waals surface area contributed by atoms with Crippen molar-refractivity contribution >= 4 is 39.8 Å². The molecule has 0 saturated heterocycles. The van der Waals surface area contributed by atoms with E-state index < -0.39 is 11.7 Å². The van der Waals surface area contributed by atoms with Gasteiger partial charge in [0.2, 0.25) is 0 Å². The van der Waals surface area contributed by atoms with Crippen LogP contribution in [0.25, 0.3) is 10.9 Å². The SMILES string of the molecule is Cc1ccc2c(NC(=S)NC(=O)c3cccc(F)c3)cccc2n1. The molecule has 24 heavy (non-hydrogen) atoms. The number of carbonyl (C=O) groups excluding carboxylic acids is 1. The van der Waals surface area contributed by atoms with Gasteiger partial charge in [-0.15, -0.1) is 0 Å². The molecule has 0 spiro atoms. The van der Waals surface area contributed by atoms with E-state index in [1.807, 2.05) is 37.3 Å². The van der Waals surface area contributed by atoms with Gasteiger partial charge in [-0.2, -0.15) is 0 Å². The number of hydrogen-bond donors (Lipinski definition) is 2. The molecular formula is C18H14FN3OS. The number of nitrogens with one attached hydrogen (secondary N) is 2. The van der Waals surface area contributed by atoms with E-state index in [1.165, 1.54) is 18.2 Å². The molecule has 1 amide bonds. The summed E-state index contributed by atoms with van der Waals surface area (Å²) in [4.78, 5) is 16.5. The summed E-state index contributed by atoms with van der Waals surface area (Å²) in [6, 6.07) is 14.9. The maximum Gasteiger partial charge on any atom is 0.257 e. The molecule has 2 N–H and O–H groups in total. The van der Waals surface area contributed by atoms with E-state index in [2.05, 4.69) is 15.6 Å². The number of aromatic nitrogens is 1. The van der Waals surface area contributed by atoms with Gasteiger partial charge < -0.3 is 5.32 Å². The largest absolute Gasteiger partial charge is 0.332 e. The molecular weight excluding hydrogens is 325 g/mol. The van der Waals surface area contributed by atoms with E-state index >= 15 is 0 Å². The average Bonchev–Trinajstić information content (AvgIpc) is 2.54. The van der Waals surface area contributed by atoms with Gasteiger partial charge in [-0.05, 0) is 61.6 Å². The molecule has 0 radical (unpaired) electrons. The number of halogens is 1. The lowest BCUT2D eigenvalue weighted by atomic mass is 10.1. The second kappa shape index (κ2) is 6.72. The summed E-state index contributed by atoms with van der Waals surface area (Å²) in [5.74, 6) is -0.946. The summed E-state index contributed by atoms with van der Waals surface area (Å²) in [6.07, 6.45) is 0. The maximum atomic E-state index is 13.2. The van der Waals surface area contributed by atoms with Crippen LogP contribution in [0.5, 0.6) is 0 Å². The lowest BCUT2D eigenvalue weighted by Gasteiger charge is -2.12. The Labute approximate surface area is 143 Å². The number of aryl methyl sites for hydroxylation is 1. The zero-order valence-electron chi connectivity index (χ0n) is 12.8. The van der Waals surface area contributed by atoms with Gasteiger partial charge in [0.1, 0.15) is 5.82 Å². The van der Waals surface area contributed by atoms with E-state index in [1.54, 1.807) is 0 Å². The highest BCUT2D eigenvalue weighted by molar-refractivity contribution is 7.80. The minimum absolute atomic E-state index is 0.136. The first-order chi connectivity index (χ1) is 11.5. The van der Waals surface area contributed by atoms with Crippen molar-refractivity contribution in [2.75, 3.05) is 5.32 Å². The van der Waals surface area contributed by atoms with Crippen molar-refractivity contribution in [3.63, 3.8) is 0 Å². The number of thiocarbonyl (C=S) groups is 1. The Bertz CT molecular complexity index is 942. The summed E-state index contributed by atoms with van der Waals surface area (Å²) >= 11 is 5.18. The van der Waals surface area contributed by atoms with Crippen molar-refractivity contribution < 1.29 is 9.18 Å². The van der Waals surface area contributed by atoms with Gasteiger partial charge in [-0.1, -0.05) is 12.1 Å². The molecule has 120 valence electrons. The van der Waals surface area contributed by atoms with Crippen molar-refractivity contribution in [3.8, 4) is 0 Å². The van der Waals surface area contributed by atoms with E-state index in [9.17, 15) is 9.18 Å². The molecule has 0 aliphatic rings. The third-order valence-corrected chi connectivity index (χ3v) is 3.64. The van der Waals surface area contributed by atoms with Crippen molar-refractivity contribution in [2.24, 2.45) is 0 Å². The topological polar surface area (TPSA) is 54.0 Å². The number of benzene rings is 2. The Morgan fingerprint density at radius 3 is 2.71 bits per heavy atom. The zero-order chi connectivity index (χ0) is 17.1. The predicted octanol–water partition coefficient (Wildman–Crippen LogP) is 3.81.